The van der Waals surface area contributed by atoms with Crippen molar-refractivity contribution in [3.8, 4) is 0 Å². The van der Waals surface area contributed by atoms with Gasteiger partial charge in [0.25, 0.3) is 0 Å². The summed E-state index contributed by atoms with van der Waals surface area (Å²) >= 11 is 10.1. The molecule has 1 aromatic carbocycles. The Morgan fingerprint density at radius 2 is 1.64 bits per heavy atom. The monoisotopic (exact) mass is 808 g/mol. The van der Waals surface area contributed by atoms with E-state index in [9.17, 15) is 14.4 Å². The van der Waals surface area contributed by atoms with Crippen LogP contribution in [0.25, 0.3) is 0 Å². The van der Waals surface area contributed by atoms with Gasteiger partial charge in [-0.1, -0.05) is 56.2 Å². The normalized spacial score (nSPS) is 21.2. The highest BCUT2D eigenvalue weighted by Gasteiger charge is 2.41. The minimum absolute atomic E-state index is 0.0341. The van der Waals surface area contributed by atoms with E-state index in [1.54, 1.807) is 11.1 Å². The summed E-state index contributed by atoms with van der Waals surface area (Å²) in [5.41, 5.74) is 4.42. The van der Waals surface area contributed by atoms with Crippen molar-refractivity contribution in [3.63, 3.8) is 0 Å². The lowest BCUT2D eigenvalue weighted by molar-refractivity contribution is -0.127. The molecule has 1 saturated heterocycles. The van der Waals surface area contributed by atoms with Gasteiger partial charge in [-0.3, -0.25) is 14.7 Å². The van der Waals surface area contributed by atoms with Gasteiger partial charge in [-0.05, 0) is 89.3 Å². The molecule has 2 saturated carbocycles. The van der Waals surface area contributed by atoms with E-state index >= 15 is 0 Å². The first kappa shape index (κ1) is 37.6. The van der Waals surface area contributed by atoms with Crippen LogP contribution in [0, 0.1) is 0 Å². The number of aromatic nitrogens is 3. The van der Waals surface area contributed by atoms with Crippen LogP contribution in [0.4, 0.5) is 9.59 Å². The highest BCUT2D eigenvalue weighted by atomic mass is 79.9. The first-order chi connectivity index (χ1) is 25.8. The first-order valence-corrected chi connectivity index (χ1v) is 20.4. The van der Waals surface area contributed by atoms with Gasteiger partial charge in [0.15, 0.2) is 6.61 Å². The molecule has 7 rings (SSSR count). The van der Waals surface area contributed by atoms with Gasteiger partial charge in [0.1, 0.15) is 11.9 Å². The van der Waals surface area contributed by atoms with Crippen molar-refractivity contribution < 1.29 is 19.1 Å². The van der Waals surface area contributed by atoms with Crippen molar-refractivity contribution in [2.24, 2.45) is 0 Å². The lowest BCUT2D eigenvalue weighted by atomic mass is 9.95. The molecule has 12 nitrogen and oxygen atoms in total. The molecule has 3 heterocycles. The molecule has 3 fully saturated rings. The van der Waals surface area contributed by atoms with Gasteiger partial charge in [0.05, 0.1) is 11.7 Å². The van der Waals surface area contributed by atoms with Crippen LogP contribution >= 0.6 is 27.5 Å². The topological polar surface area (TPSA) is 134 Å². The standard InChI is InChI=1S/C39H50BrClN8O4/c40-28-21-27-12-11-26-22-29(41)13-14-32(26)36(35(27)44-23-28)48-19-20-49(38(51)45-30-7-3-1-4-8-30)33(24-48)37(50)43-16-18-47-17-15-42-34(47)25-53-39(52)46-31-9-5-2-6-10-31/h13-15,17,21-23,30-31,33,36H,1-12,16,18-20,24-25H2,(H,43,50)(H,45,51)(H,46,52)/t33-,36?/m1/s1. The Labute approximate surface area is 324 Å². The average molecular weight is 810 g/mol. The van der Waals surface area contributed by atoms with Crippen molar-refractivity contribution in [2.75, 3.05) is 26.2 Å². The molecule has 0 bridgehead atoms. The van der Waals surface area contributed by atoms with Gasteiger partial charge in [0, 0.05) is 72.9 Å². The van der Waals surface area contributed by atoms with Crippen LogP contribution in [0.3, 0.4) is 0 Å². The maximum absolute atomic E-state index is 14.2. The van der Waals surface area contributed by atoms with Crippen molar-refractivity contribution in [3.05, 3.63) is 80.6 Å². The Morgan fingerprint density at radius 3 is 2.42 bits per heavy atom. The lowest BCUT2D eigenvalue weighted by Crippen LogP contribution is -2.63. The van der Waals surface area contributed by atoms with Crippen LogP contribution in [0.15, 0.2) is 47.3 Å². The van der Waals surface area contributed by atoms with E-state index in [1.165, 1.54) is 18.4 Å². The number of imidazole rings is 1. The summed E-state index contributed by atoms with van der Waals surface area (Å²) in [6.45, 7) is 2.10. The number of carbonyl (C=O) groups excluding carboxylic acids is 3. The van der Waals surface area contributed by atoms with Crippen molar-refractivity contribution in [1.82, 2.24) is 40.3 Å². The van der Waals surface area contributed by atoms with Crippen LogP contribution in [0.5, 0.6) is 0 Å². The Kier molecular flexibility index (Phi) is 12.5. The summed E-state index contributed by atoms with van der Waals surface area (Å²) < 4.78 is 8.31. The zero-order valence-electron chi connectivity index (χ0n) is 30.2. The highest BCUT2D eigenvalue weighted by molar-refractivity contribution is 9.10. The van der Waals surface area contributed by atoms with Gasteiger partial charge < -0.3 is 30.2 Å². The molecule has 2 aromatic heterocycles. The predicted octanol–water partition coefficient (Wildman–Crippen LogP) is 6.29. The number of urea groups is 1. The molecule has 14 heteroatoms. The van der Waals surface area contributed by atoms with Gasteiger partial charge in [-0.15, -0.1) is 0 Å². The number of benzene rings is 1. The molecule has 3 aromatic rings. The molecular weight excluding hydrogens is 760 g/mol. The Balaban J connectivity index is 1.05. The molecule has 1 aliphatic heterocycles. The molecule has 3 aliphatic carbocycles. The summed E-state index contributed by atoms with van der Waals surface area (Å²) in [5.74, 6) is 0.382. The number of fused-ring (bicyclic) bond motifs is 2. The third-order valence-corrected chi connectivity index (χ3v) is 11.9. The number of carbonyl (C=O) groups is 3. The second-order valence-electron chi connectivity index (χ2n) is 14.8. The number of hydrogen-bond donors (Lipinski definition) is 3. The van der Waals surface area contributed by atoms with Crippen molar-refractivity contribution in [2.45, 2.75) is 114 Å². The van der Waals surface area contributed by atoms with Crippen molar-refractivity contribution >= 4 is 45.6 Å². The minimum atomic E-state index is -0.723. The molecule has 1 unspecified atom stereocenters. The van der Waals surface area contributed by atoms with E-state index in [0.29, 0.717) is 43.6 Å². The van der Waals surface area contributed by atoms with Gasteiger partial charge >= 0.3 is 12.1 Å². The third kappa shape index (κ3) is 9.35. The van der Waals surface area contributed by atoms with Crippen LogP contribution in [0.1, 0.15) is 98.5 Å². The molecule has 2 atom stereocenters. The summed E-state index contributed by atoms with van der Waals surface area (Å²) in [5, 5.41) is 10.0. The van der Waals surface area contributed by atoms with E-state index in [1.807, 2.05) is 29.1 Å². The van der Waals surface area contributed by atoms with E-state index in [2.05, 4.69) is 53.9 Å². The molecule has 4 aliphatic rings. The number of nitrogens with one attached hydrogen (secondary N) is 3. The Morgan fingerprint density at radius 1 is 0.906 bits per heavy atom. The number of ether oxygens (including phenoxy) is 1. The molecule has 0 radical (unpaired) electrons. The number of amides is 4. The zero-order chi connectivity index (χ0) is 36.7. The molecule has 284 valence electrons. The molecule has 3 N–H and O–H groups in total. The number of nitrogens with zero attached hydrogens (tertiary/aromatic N) is 5. The van der Waals surface area contributed by atoms with Gasteiger partial charge in [-0.25, -0.2) is 14.6 Å². The average Bonchev–Trinajstić information content (AvgIpc) is 3.55. The van der Waals surface area contributed by atoms with Gasteiger partial charge in [0.2, 0.25) is 5.91 Å². The fourth-order valence-electron chi connectivity index (χ4n) is 8.48. The third-order valence-electron chi connectivity index (χ3n) is 11.3. The predicted molar refractivity (Wildman–Crippen MR) is 206 cm³/mol. The summed E-state index contributed by atoms with van der Waals surface area (Å²) in [6.07, 6.45) is 17.3. The highest BCUT2D eigenvalue weighted by Crippen LogP contribution is 2.38. The molecule has 4 amide bonds. The maximum atomic E-state index is 14.2. The number of rotatable bonds is 9. The quantitative estimate of drug-likeness (QED) is 0.232. The summed E-state index contributed by atoms with van der Waals surface area (Å²) in [6, 6.07) is 7.37. The first-order valence-electron chi connectivity index (χ1n) is 19.3. The van der Waals surface area contributed by atoms with E-state index in [0.717, 1.165) is 85.5 Å². The minimum Gasteiger partial charge on any atom is -0.441 e. The van der Waals surface area contributed by atoms with E-state index in [4.69, 9.17) is 21.3 Å². The number of piperazine rings is 1. The van der Waals surface area contributed by atoms with E-state index < -0.39 is 12.1 Å². The lowest BCUT2D eigenvalue weighted by Gasteiger charge is -2.44. The fourth-order valence-corrected chi connectivity index (χ4v) is 9.05. The summed E-state index contributed by atoms with van der Waals surface area (Å²) in [4.78, 5) is 53.9. The summed E-state index contributed by atoms with van der Waals surface area (Å²) in [7, 11) is 0. The van der Waals surface area contributed by atoms with Crippen molar-refractivity contribution in [1.29, 1.82) is 0 Å². The van der Waals surface area contributed by atoms with E-state index in [-0.39, 0.29) is 36.7 Å². The number of halogens is 2. The molecular formula is C39H50BrClN8O4. The largest absolute Gasteiger partial charge is 0.441 e. The smallest absolute Gasteiger partial charge is 0.407 e. The second kappa shape index (κ2) is 17.6. The number of alkyl carbamates (subject to hydrolysis) is 1. The second-order valence-corrected chi connectivity index (χ2v) is 16.2. The Hall–Kier alpha value is -3.68. The number of pyridine rings is 1. The van der Waals surface area contributed by atoms with Gasteiger partial charge in [-0.2, -0.15) is 0 Å². The van der Waals surface area contributed by atoms with Crippen LogP contribution in [-0.2, 0) is 35.5 Å². The number of aryl methyl sites for hydroxylation is 2. The number of hydrogen-bond acceptors (Lipinski definition) is 7. The Bertz CT molecular complexity index is 1710. The SMILES string of the molecule is O=C(NC1CCCCC1)OCc1nccn1CCNC(=O)[C@H]1CN(C2c3ccc(Cl)cc3CCc3cc(Br)cnc32)CCN1C(=O)NC1CCCCC1. The van der Waals surface area contributed by atoms with Crippen LogP contribution < -0.4 is 16.0 Å². The molecule has 0 spiro atoms. The fraction of sp³-hybridized carbons (Fsp3) is 0.564. The zero-order valence-corrected chi connectivity index (χ0v) is 32.5. The maximum Gasteiger partial charge on any atom is 0.407 e. The van der Waals surface area contributed by atoms with Crippen LogP contribution in [0.2, 0.25) is 5.02 Å². The van der Waals surface area contributed by atoms with Crippen LogP contribution in [-0.4, -0.2) is 86.7 Å². The molecule has 53 heavy (non-hydrogen) atoms.